The summed E-state index contributed by atoms with van der Waals surface area (Å²) in [6.45, 7) is 14.0. The normalized spacial score (nSPS) is 35.0. The van der Waals surface area contributed by atoms with Gasteiger partial charge >= 0.3 is 0 Å². The van der Waals surface area contributed by atoms with Gasteiger partial charge in [0.1, 0.15) is 5.78 Å². The lowest BCUT2D eigenvalue weighted by molar-refractivity contribution is -0.118. The standard InChI is InChI=1S/C27H42O/c1-19(2)8-6-9-21(4)25-15-16-26-22(10-7-17-27(25,26)5)12-13-23-18-24(28)14-11-20(23)3/h12-13,19,21,25-26H,3,6-11,14-18H2,1-2,4-5H3/b22-12-,23-13+/t21-,25-,26-,27-/m1/s1. The van der Waals surface area contributed by atoms with Gasteiger partial charge in [0.05, 0.1) is 0 Å². The molecule has 0 radical (unpaired) electrons. The number of allylic oxidation sites excluding steroid dienone is 5. The Morgan fingerprint density at radius 3 is 2.64 bits per heavy atom. The Balaban J connectivity index is 1.70. The summed E-state index contributed by atoms with van der Waals surface area (Å²) in [6.07, 6.45) is 17.7. The van der Waals surface area contributed by atoms with Crippen LogP contribution in [-0.4, -0.2) is 5.78 Å². The molecule has 0 aromatic heterocycles. The van der Waals surface area contributed by atoms with Crippen molar-refractivity contribution in [1.29, 1.82) is 0 Å². The molecule has 3 rings (SSSR count). The Morgan fingerprint density at radius 1 is 1.11 bits per heavy atom. The number of rotatable bonds is 6. The number of fused-ring (bicyclic) bond motifs is 1. The van der Waals surface area contributed by atoms with Gasteiger partial charge in [-0.25, -0.2) is 0 Å². The van der Waals surface area contributed by atoms with E-state index in [1.165, 1.54) is 62.5 Å². The first kappa shape index (κ1) is 21.6. The van der Waals surface area contributed by atoms with Crippen molar-refractivity contribution in [3.63, 3.8) is 0 Å². The maximum atomic E-state index is 11.8. The van der Waals surface area contributed by atoms with Crippen LogP contribution in [0, 0.1) is 29.1 Å². The van der Waals surface area contributed by atoms with Crippen LogP contribution in [0.3, 0.4) is 0 Å². The molecule has 0 aromatic rings. The van der Waals surface area contributed by atoms with Crippen molar-refractivity contribution in [2.45, 2.75) is 98.3 Å². The Labute approximate surface area is 173 Å². The molecule has 0 spiro atoms. The predicted octanol–water partition coefficient (Wildman–Crippen LogP) is 7.83. The zero-order chi connectivity index (χ0) is 20.3. The summed E-state index contributed by atoms with van der Waals surface area (Å²) >= 11 is 0. The highest BCUT2D eigenvalue weighted by Gasteiger charge is 2.50. The fourth-order valence-electron chi connectivity index (χ4n) is 6.52. The van der Waals surface area contributed by atoms with Gasteiger partial charge in [0.25, 0.3) is 0 Å². The quantitative estimate of drug-likeness (QED) is 0.457. The Bertz CT molecular complexity index is 649. The highest BCUT2D eigenvalue weighted by molar-refractivity contribution is 5.84. The molecule has 156 valence electrons. The van der Waals surface area contributed by atoms with Gasteiger partial charge in [-0.1, -0.05) is 76.8 Å². The summed E-state index contributed by atoms with van der Waals surface area (Å²) in [4.78, 5) is 11.8. The molecule has 0 N–H and O–H groups in total. The first-order chi connectivity index (χ1) is 13.3. The van der Waals surface area contributed by atoms with E-state index in [4.69, 9.17) is 0 Å². The smallest absolute Gasteiger partial charge is 0.137 e. The molecule has 0 amide bonds. The van der Waals surface area contributed by atoms with Crippen LogP contribution < -0.4 is 0 Å². The Kier molecular flexibility index (Phi) is 7.05. The lowest BCUT2D eigenvalue weighted by Crippen LogP contribution is -2.36. The molecular weight excluding hydrogens is 340 g/mol. The summed E-state index contributed by atoms with van der Waals surface area (Å²) in [7, 11) is 0. The third-order valence-electron chi connectivity index (χ3n) is 8.21. The van der Waals surface area contributed by atoms with Gasteiger partial charge in [-0.3, -0.25) is 4.79 Å². The third-order valence-corrected chi connectivity index (χ3v) is 8.21. The summed E-state index contributed by atoms with van der Waals surface area (Å²) in [5, 5.41) is 0. The van der Waals surface area contributed by atoms with Crippen molar-refractivity contribution in [3.8, 4) is 0 Å². The van der Waals surface area contributed by atoms with Crippen molar-refractivity contribution >= 4 is 5.78 Å². The summed E-state index contributed by atoms with van der Waals surface area (Å²) in [5.41, 5.74) is 4.51. The van der Waals surface area contributed by atoms with Crippen molar-refractivity contribution < 1.29 is 4.79 Å². The maximum Gasteiger partial charge on any atom is 0.137 e. The lowest BCUT2D eigenvalue weighted by Gasteiger charge is -2.44. The first-order valence-corrected chi connectivity index (χ1v) is 11.9. The molecule has 0 unspecified atom stereocenters. The van der Waals surface area contributed by atoms with Crippen LogP contribution in [0.1, 0.15) is 98.3 Å². The minimum atomic E-state index is 0.377. The average molecular weight is 383 g/mol. The van der Waals surface area contributed by atoms with Crippen molar-refractivity contribution in [1.82, 2.24) is 0 Å². The van der Waals surface area contributed by atoms with E-state index in [2.05, 4.69) is 46.4 Å². The largest absolute Gasteiger partial charge is 0.299 e. The minimum absolute atomic E-state index is 0.377. The second-order valence-electron chi connectivity index (χ2n) is 10.7. The van der Waals surface area contributed by atoms with E-state index in [9.17, 15) is 4.79 Å². The summed E-state index contributed by atoms with van der Waals surface area (Å²) < 4.78 is 0. The van der Waals surface area contributed by atoms with Crippen LogP contribution in [0.25, 0.3) is 0 Å². The molecule has 3 aliphatic rings. The average Bonchev–Trinajstić information content (AvgIpc) is 2.99. The van der Waals surface area contributed by atoms with E-state index >= 15 is 0 Å². The molecule has 0 aromatic carbocycles. The SMILES string of the molecule is C=C1CCC(=O)C/C1=C\C=C1\CCC[C@@]2(C)[C@@H]1CC[C@@H]2[C@H](C)CCCC(C)C. The van der Waals surface area contributed by atoms with Crippen molar-refractivity contribution in [3.05, 3.63) is 35.5 Å². The van der Waals surface area contributed by atoms with Gasteiger partial charge < -0.3 is 0 Å². The Morgan fingerprint density at radius 2 is 1.89 bits per heavy atom. The summed E-state index contributed by atoms with van der Waals surface area (Å²) in [6, 6.07) is 0. The fraction of sp³-hybridized carbons (Fsp3) is 0.741. The maximum absolute atomic E-state index is 11.8. The van der Waals surface area contributed by atoms with Crippen LogP contribution in [0.5, 0.6) is 0 Å². The van der Waals surface area contributed by atoms with Crippen LogP contribution in [-0.2, 0) is 4.79 Å². The first-order valence-electron chi connectivity index (χ1n) is 11.9. The van der Waals surface area contributed by atoms with Gasteiger partial charge in [0.2, 0.25) is 0 Å². The zero-order valence-electron chi connectivity index (χ0n) is 18.9. The van der Waals surface area contributed by atoms with Crippen LogP contribution in [0.4, 0.5) is 0 Å². The number of carbonyl (C=O) groups is 1. The molecule has 0 bridgehead atoms. The number of Topliss-reactive ketones (excluding diaryl/α,β-unsaturated/α-hetero) is 1. The second-order valence-corrected chi connectivity index (χ2v) is 10.7. The predicted molar refractivity (Wildman–Crippen MR) is 120 cm³/mol. The molecule has 1 heteroatoms. The van der Waals surface area contributed by atoms with E-state index in [1.807, 2.05) is 0 Å². The number of hydrogen-bond acceptors (Lipinski definition) is 1. The molecule has 4 atom stereocenters. The number of carbonyl (C=O) groups excluding carboxylic acids is 1. The van der Waals surface area contributed by atoms with Gasteiger partial charge in [-0.05, 0) is 73.2 Å². The van der Waals surface area contributed by atoms with Crippen LogP contribution in [0.15, 0.2) is 35.5 Å². The third kappa shape index (κ3) is 4.71. The second kappa shape index (κ2) is 9.14. The molecule has 0 heterocycles. The molecule has 0 saturated heterocycles. The van der Waals surface area contributed by atoms with Crippen molar-refractivity contribution in [2.24, 2.45) is 29.1 Å². The van der Waals surface area contributed by atoms with E-state index in [0.717, 1.165) is 30.1 Å². The van der Waals surface area contributed by atoms with E-state index in [0.29, 0.717) is 24.0 Å². The molecule has 3 aliphatic carbocycles. The molecule has 1 nitrogen and oxygen atoms in total. The number of hydrogen-bond donors (Lipinski definition) is 0. The van der Waals surface area contributed by atoms with Crippen molar-refractivity contribution in [2.75, 3.05) is 0 Å². The Hall–Kier alpha value is -1.11. The van der Waals surface area contributed by atoms with Gasteiger partial charge in [0.15, 0.2) is 0 Å². The monoisotopic (exact) mass is 382 g/mol. The van der Waals surface area contributed by atoms with E-state index < -0.39 is 0 Å². The molecule has 28 heavy (non-hydrogen) atoms. The van der Waals surface area contributed by atoms with E-state index in [-0.39, 0.29) is 0 Å². The molecular formula is C27H42O. The zero-order valence-corrected chi connectivity index (χ0v) is 18.9. The van der Waals surface area contributed by atoms with Gasteiger partial charge in [-0.2, -0.15) is 0 Å². The van der Waals surface area contributed by atoms with Crippen LogP contribution >= 0.6 is 0 Å². The molecule has 3 fully saturated rings. The lowest BCUT2D eigenvalue weighted by atomic mass is 9.60. The highest BCUT2D eigenvalue weighted by Crippen LogP contribution is 2.59. The molecule has 0 aliphatic heterocycles. The fourth-order valence-corrected chi connectivity index (χ4v) is 6.52. The summed E-state index contributed by atoms with van der Waals surface area (Å²) in [5.74, 6) is 3.69. The van der Waals surface area contributed by atoms with Crippen LogP contribution in [0.2, 0.25) is 0 Å². The topological polar surface area (TPSA) is 17.1 Å². The van der Waals surface area contributed by atoms with E-state index in [1.54, 1.807) is 5.57 Å². The van der Waals surface area contributed by atoms with Gasteiger partial charge in [0, 0.05) is 12.8 Å². The number of ketones is 1. The molecule has 3 saturated carbocycles. The highest BCUT2D eigenvalue weighted by atomic mass is 16.1. The van der Waals surface area contributed by atoms with Gasteiger partial charge in [-0.15, -0.1) is 0 Å². The minimum Gasteiger partial charge on any atom is -0.299 e.